The fourth-order valence-corrected chi connectivity index (χ4v) is 2.66. The highest BCUT2D eigenvalue weighted by atomic mass is 16.5. The first kappa shape index (κ1) is 18.2. The van der Waals surface area contributed by atoms with E-state index in [0.29, 0.717) is 25.8 Å². The Morgan fingerprint density at radius 3 is 2.55 bits per heavy atom. The summed E-state index contributed by atoms with van der Waals surface area (Å²) in [7, 11) is 1.43. The summed E-state index contributed by atoms with van der Waals surface area (Å²) in [6.45, 7) is 2.32. The number of urea groups is 1. The lowest BCUT2D eigenvalue weighted by Crippen LogP contribution is -2.54. The molecule has 1 heterocycles. The average Bonchev–Trinajstić information content (AvgIpc) is 2.47. The fraction of sp³-hybridized carbons (Fsp3) is 0.786. The Bertz CT molecular complexity index is 424. The Kier molecular flexibility index (Phi) is 6.61. The van der Waals surface area contributed by atoms with E-state index in [2.05, 4.69) is 5.32 Å². The van der Waals surface area contributed by atoms with E-state index in [9.17, 15) is 19.5 Å². The minimum absolute atomic E-state index is 0.0332. The maximum Gasteiger partial charge on any atom is 0.317 e. The Labute approximate surface area is 129 Å². The minimum atomic E-state index is -1.10. The summed E-state index contributed by atoms with van der Waals surface area (Å²) in [4.78, 5) is 36.0. The van der Waals surface area contributed by atoms with Crippen LogP contribution in [-0.2, 0) is 14.3 Å². The molecule has 2 unspecified atom stereocenters. The monoisotopic (exact) mass is 316 g/mol. The number of carbonyl (C=O) groups is 3. The summed E-state index contributed by atoms with van der Waals surface area (Å²) >= 11 is 0. The Hall–Kier alpha value is -1.83. The van der Waals surface area contributed by atoms with Gasteiger partial charge in [0.25, 0.3) is 0 Å². The van der Waals surface area contributed by atoms with Gasteiger partial charge >= 0.3 is 18.0 Å². The molecule has 2 amide bonds. The molecule has 2 atom stereocenters. The van der Waals surface area contributed by atoms with Crippen molar-refractivity contribution in [2.24, 2.45) is 11.3 Å². The number of carboxylic acid groups (broad SMARTS) is 2. The zero-order valence-electron chi connectivity index (χ0n) is 13.0. The first-order valence-electron chi connectivity index (χ1n) is 7.34. The van der Waals surface area contributed by atoms with E-state index in [4.69, 9.17) is 9.84 Å². The third-order valence-corrected chi connectivity index (χ3v) is 4.08. The van der Waals surface area contributed by atoms with E-state index < -0.39 is 29.3 Å². The predicted octanol–water partition coefficient (Wildman–Crippen LogP) is 0.620. The second-order valence-electron chi connectivity index (χ2n) is 5.67. The summed E-state index contributed by atoms with van der Waals surface area (Å²) < 4.78 is 5.00. The lowest BCUT2D eigenvalue weighted by atomic mass is 9.80. The smallest absolute Gasteiger partial charge is 0.317 e. The van der Waals surface area contributed by atoms with Crippen LogP contribution in [0.2, 0.25) is 0 Å². The number of aliphatic carboxylic acids is 2. The Morgan fingerprint density at radius 1 is 1.36 bits per heavy atom. The normalized spacial score (nSPS) is 22.9. The van der Waals surface area contributed by atoms with Crippen LogP contribution < -0.4 is 5.32 Å². The van der Waals surface area contributed by atoms with Gasteiger partial charge < -0.3 is 25.2 Å². The molecule has 0 aromatic carbocycles. The van der Waals surface area contributed by atoms with E-state index in [0.717, 1.165) is 0 Å². The number of likely N-dealkylation sites (tertiary alicyclic amines) is 1. The van der Waals surface area contributed by atoms with Crippen LogP contribution in [0.15, 0.2) is 0 Å². The van der Waals surface area contributed by atoms with Gasteiger partial charge in [0.05, 0.1) is 12.5 Å². The SMILES string of the molecule is CCC(CNC(=O)N1CCCC(COC)(C(=O)O)C1)C(=O)O. The summed E-state index contributed by atoms with van der Waals surface area (Å²) in [5.74, 6) is -2.58. The van der Waals surface area contributed by atoms with Gasteiger partial charge in [-0.3, -0.25) is 9.59 Å². The van der Waals surface area contributed by atoms with Gasteiger partial charge in [-0.2, -0.15) is 0 Å². The van der Waals surface area contributed by atoms with Crippen LogP contribution in [0.5, 0.6) is 0 Å². The number of ether oxygens (including phenoxy) is 1. The van der Waals surface area contributed by atoms with Crippen molar-refractivity contribution < 1.29 is 29.3 Å². The van der Waals surface area contributed by atoms with Gasteiger partial charge in [0.15, 0.2) is 0 Å². The molecule has 0 aromatic rings. The van der Waals surface area contributed by atoms with Crippen LogP contribution in [0.4, 0.5) is 4.79 Å². The van der Waals surface area contributed by atoms with Crippen LogP contribution in [-0.4, -0.2) is 66.4 Å². The van der Waals surface area contributed by atoms with Gasteiger partial charge in [0, 0.05) is 26.7 Å². The van der Waals surface area contributed by atoms with Gasteiger partial charge in [-0.05, 0) is 19.3 Å². The number of hydrogen-bond acceptors (Lipinski definition) is 4. The highest BCUT2D eigenvalue weighted by molar-refractivity contribution is 5.79. The van der Waals surface area contributed by atoms with Gasteiger partial charge in [-0.1, -0.05) is 6.92 Å². The third kappa shape index (κ3) is 4.33. The lowest BCUT2D eigenvalue weighted by molar-refractivity contribution is -0.155. The zero-order valence-corrected chi connectivity index (χ0v) is 13.0. The molecule has 1 rings (SSSR count). The number of carboxylic acids is 2. The molecule has 1 saturated heterocycles. The van der Waals surface area contributed by atoms with Crippen LogP contribution >= 0.6 is 0 Å². The number of methoxy groups -OCH3 is 1. The highest BCUT2D eigenvalue weighted by Gasteiger charge is 2.43. The van der Waals surface area contributed by atoms with Gasteiger partial charge in [0.1, 0.15) is 5.41 Å². The maximum absolute atomic E-state index is 12.1. The Balaban J connectivity index is 2.65. The van der Waals surface area contributed by atoms with Gasteiger partial charge in [-0.25, -0.2) is 4.79 Å². The topological polar surface area (TPSA) is 116 Å². The van der Waals surface area contributed by atoms with Crippen molar-refractivity contribution in [1.82, 2.24) is 10.2 Å². The number of nitrogens with one attached hydrogen (secondary N) is 1. The molecule has 8 nitrogen and oxygen atoms in total. The number of carbonyl (C=O) groups excluding carboxylic acids is 1. The first-order valence-corrected chi connectivity index (χ1v) is 7.34. The van der Waals surface area contributed by atoms with Gasteiger partial charge in [0.2, 0.25) is 0 Å². The van der Waals surface area contributed by atoms with Crippen LogP contribution in [0.3, 0.4) is 0 Å². The zero-order chi connectivity index (χ0) is 16.8. The summed E-state index contributed by atoms with van der Waals surface area (Å²) in [5, 5.41) is 21.0. The number of hydrogen-bond donors (Lipinski definition) is 3. The highest BCUT2D eigenvalue weighted by Crippen LogP contribution is 2.30. The summed E-state index contributed by atoms with van der Waals surface area (Å²) in [6.07, 6.45) is 1.43. The van der Waals surface area contributed by atoms with E-state index in [1.54, 1.807) is 6.92 Å². The van der Waals surface area contributed by atoms with Crippen LogP contribution in [0.1, 0.15) is 26.2 Å². The largest absolute Gasteiger partial charge is 0.481 e. The average molecular weight is 316 g/mol. The quantitative estimate of drug-likeness (QED) is 0.634. The molecule has 0 radical (unpaired) electrons. The van der Waals surface area contributed by atoms with E-state index in [-0.39, 0.29) is 19.7 Å². The van der Waals surface area contributed by atoms with Crippen LogP contribution in [0.25, 0.3) is 0 Å². The number of piperidine rings is 1. The van der Waals surface area contributed by atoms with E-state index in [1.165, 1.54) is 12.0 Å². The third-order valence-electron chi connectivity index (χ3n) is 4.08. The van der Waals surface area contributed by atoms with Crippen molar-refractivity contribution in [3.8, 4) is 0 Å². The van der Waals surface area contributed by atoms with E-state index >= 15 is 0 Å². The molecule has 1 fully saturated rings. The molecule has 22 heavy (non-hydrogen) atoms. The van der Waals surface area contributed by atoms with Crippen LogP contribution in [0, 0.1) is 11.3 Å². The number of amides is 2. The predicted molar refractivity (Wildman–Crippen MR) is 77.6 cm³/mol. The van der Waals surface area contributed by atoms with Crippen molar-refractivity contribution >= 4 is 18.0 Å². The van der Waals surface area contributed by atoms with Crippen molar-refractivity contribution in [2.45, 2.75) is 26.2 Å². The molecule has 0 saturated carbocycles. The van der Waals surface area contributed by atoms with Crippen molar-refractivity contribution in [3.05, 3.63) is 0 Å². The number of nitrogens with zero attached hydrogens (tertiary/aromatic N) is 1. The first-order chi connectivity index (χ1) is 10.4. The molecule has 1 aliphatic rings. The van der Waals surface area contributed by atoms with Crippen molar-refractivity contribution in [2.75, 3.05) is 33.4 Å². The van der Waals surface area contributed by atoms with Crippen molar-refractivity contribution in [3.63, 3.8) is 0 Å². The molecule has 8 heteroatoms. The molecule has 1 aliphatic heterocycles. The van der Waals surface area contributed by atoms with E-state index in [1.807, 2.05) is 0 Å². The maximum atomic E-state index is 12.1. The molecule has 0 spiro atoms. The molecular weight excluding hydrogens is 292 g/mol. The molecule has 126 valence electrons. The molecule has 0 aliphatic carbocycles. The second kappa shape index (κ2) is 7.98. The lowest BCUT2D eigenvalue weighted by Gasteiger charge is -2.39. The minimum Gasteiger partial charge on any atom is -0.481 e. The van der Waals surface area contributed by atoms with Crippen molar-refractivity contribution in [1.29, 1.82) is 0 Å². The molecular formula is C14H24N2O6. The van der Waals surface area contributed by atoms with Gasteiger partial charge in [-0.15, -0.1) is 0 Å². The summed E-state index contributed by atoms with van der Waals surface area (Å²) in [6, 6.07) is -0.430. The number of rotatable bonds is 7. The second-order valence-corrected chi connectivity index (χ2v) is 5.67. The fourth-order valence-electron chi connectivity index (χ4n) is 2.66. The molecule has 3 N–H and O–H groups in total. The Morgan fingerprint density at radius 2 is 2.05 bits per heavy atom. The molecule has 0 aromatic heterocycles. The standard InChI is InChI=1S/C14H24N2O6/c1-3-10(11(17)18)7-15-13(21)16-6-4-5-14(8-16,9-22-2)12(19)20/h10H,3-9H2,1-2H3,(H,15,21)(H,17,18)(H,19,20). The summed E-state index contributed by atoms with van der Waals surface area (Å²) in [5.41, 5.74) is -1.10. The molecule has 0 bridgehead atoms.